The van der Waals surface area contributed by atoms with Gasteiger partial charge in [-0.1, -0.05) is 0 Å². The van der Waals surface area contributed by atoms with E-state index in [-0.39, 0.29) is 0 Å². The Morgan fingerprint density at radius 3 is 1.29 bits per heavy atom. The van der Waals surface area contributed by atoms with Crippen molar-refractivity contribution in [2.24, 2.45) is 5.73 Å². The second kappa shape index (κ2) is 23.7. The van der Waals surface area contributed by atoms with Gasteiger partial charge < -0.3 is 48.7 Å². The maximum Gasteiger partial charge on any atom is 0.409 e. The first-order chi connectivity index (χ1) is 17.2. The van der Waals surface area contributed by atoms with Crippen molar-refractivity contribution in [3.63, 3.8) is 0 Å². The minimum atomic E-state index is -1.10. The van der Waals surface area contributed by atoms with Crippen molar-refractivity contribution in [2.75, 3.05) is 111 Å². The van der Waals surface area contributed by atoms with Gasteiger partial charge in [-0.15, -0.1) is 0 Å². The summed E-state index contributed by atoms with van der Waals surface area (Å²) < 4.78 is 43.2. The van der Waals surface area contributed by atoms with Crippen molar-refractivity contribution in [3.8, 4) is 5.75 Å². The number of anilines is 1. The molecule has 12 nitrogen and oxygen atoms in total. The molecule has 0 saturated carbocycles. The van der Waals surface area contributed by atoms with Crippen LogP contribution in [-0.4, -0.2) is 117 Å². The molecule has 202 valence electrons. The van der Waals surface area contributed by atoms with Crippen molar-refractivity contribution < 1.29 is 47.8 Å². The van der Waals surface area contributed by atoms with Crippen molar-refractivity contribution in [3.05, 3.63) is 24.3 Å². The second-order valence-electron chi connectivity index (χ2n) is 6.88. The molecule has 0 saturated heterocycles. The van der Waals surface area contributed by atoms with Crippen LogP contribution in [0.15, 0.2) is 24.3 Å². The van der Waals surface area contributed by atoms with Crippen LogP contribution in [0.1, 0.15) is 0 Å². The molecule has 0 aliphatic rings. The predicted octanol–water partition coefficient (Wildman–Crippen LogP) is 1.23. The van der Waals surface area contributed by atoms with Crippen LogP contribution in [0.3, 0.4) is 0 Å². The number of amides is 1. The molecule has 35 heavy (non-hydrogen) atoms. The Morgan fingerprint density at radius 2 is 0.943 bits per heavy atom. The monoisotopic (exact) mass is 504 g/mol. The van der Waals surface area contributed by atoms with Gasteiger partial charge in [-0.25, -0.2) is 4.79 Å². The Morgan fingerprint density at radius 1 is 0.600 bits per heavy atom. The molecule has 0 heterocycles. The van der Waals surface area contributed by atoms with Crippen LogP contribution in [0.5, 0.6) is 5.75 Å². The average molecular weight is 505 g/mol. The topological polar surface area (TPSA) is 149 Å². The highest BCUT2D eigenvalue weighted by Crippen LogP contribution is 2.15. The highest BCUT2D eigenvalue weighted by molar-refractivity contribution is 5.82. The molecule has 0 unspecified atom stereocenters. The van der Waals surface area contributed by atoms with Crippen molar-refractivity contribution in [2.45, 2.75) is 0 Å². The fraction of sp³-hybridized carbons (Fsp3) is 0.696. The molecule has 0 spiro atoms. The largest absolute Gasteiger partial charge is 0.491 e. The molecule has 0 aromatic heterocycles. The van der Waals surface area contributed by atoms with Gasteiger partial charge in [0.05, 0.1) is 92.5 Å². The molecule has 0 fully saturated rings. The average Bonchev–Trinajstić information content (AvgIpc) is 2.85. The zero-order valence-electron chi connectivity index (χ0n) is 20.3. The van der Waals surface area contributed by atoms with Gasteiger partial charge in [0.2, 0.25) is 0 Å². The number of hydrogen-bond acceptors (Lipinski definition) is 10. The summed E-state index contributed by atoms with van der Waals surface area (Å²) in [7, 11) is 0. The maximum absolute atomic E-state index is 10.5. The summed E-state index contributed by atoms with van der Waals surface area (Å²) in [4.78, 5) is 10.5. The molecule has 1 amide bonds. The molecular weight excluding hydrogens is 464 g/mol. The van der Waals surface area contributed by atoms with E-state index in [0.717, 1.165) is 0 Å². The molecule has 0 aliphatic heterocycles. The quantitative estimate of drug-likeness (QED) is 0.165. The second-order valence-corrected chi connectivity index (χ2v) is 6.88. The van der Waals surface area contributed by atoms with Crippen LogP contribution >= 0.6 is 0 Å². The van der Waals surface area contributed by atoms with Crippen molar-refractivity contribution >= 4 is 11.8 Å². The molecular formula is C23H40N2O10. The summed E-state index contributed by atoms with van der Waals surface area (Å²) >= 11 is 0. The van der Waals surface area contributed by atoms with E-state index >= 15 is 0 Å². The van der Waals surface area contributed by atoms with Crippen LogP contribution in [0.25, 0.3) is 0 Å². The molecule has 4 N–H and O–H groups in total. The van der Waals surface area contributed by atoms with Gasteiger partial charge in [-0.05, 0) is 24.3 Å². The third-order valence-electron chi connectivity index (χ3n) is 4.10. The fourth-order valence-corrected chi connectivity index (χ4v) is 2.48. The molecule has 0 bridgehead atoms. The van der Waals surface area contributed by atoms with E-state index < -0.39 is 6.09 Å². The van der Waals surface area contributed by atoms with E-state index in [0.29, 0.717) is 117 Å². The van der Waals surface area contributed by atoms with E-state index in [1.165, 1.54) is 0 Å². The lowest BCUT2D eigenvalue weighted by atomic mass is 10.3. The van der Waals surface area contributed by atoms with Gasteiger partial charge in [-0.2, -0.15) is 0 Å². The minimum Gasteiger partial charge on any atom is -0.491 e. The van der Waals surface area contributed by atoms with Crippen LogP contribution in [0.2, 0.25) is 0 Å². The number of benzene rings is 1. The summed E-state index contributed by atoms with van der Waals surface area (Å²) in [5.74, 6) is 0.639. The summed E-state index contributed by atoms with van der Waals surface area (Å²) in [6.45, 7) is 7.93. The van der Waals surface area contributed by atoms with E-state index in [1.54, 1.807) is 24.3 Å². The van der Waals surface area contributed by atoms with Crippen LogP contribution in [-0.2, 0) is 33.2 Å². The van der Waals surface area contributed by atoms with Gasteiger partial charge in [0.15, 0.2) is 0 Å². The highest BCUT2D eigenvalue weighted by Gasteiger charge is 1.99. The van der Waals surface area contributed by atoms with E-state index in [2.05, 4.69) is 5.32 Å². The van der Waals surface area contributed by atoms with Gasteiger partial charge in [0, 0.05) is 12.2 Å². The molecule has 1 aromatic carbocycles. The first kappa shape index (κ1) is 31.0. The van der Waals surface area contributed by atoms with Gasteiger partial charge in [0.1, 0.15) is 12.4 Å². The van der Waals surface area contributed by atoms with E-state index in [1.807, 2.05) is 0 Å². The Bertz CT molecular complexity index is 606. The lowest BCUT2D eigenvalue weighted by Crippen LogP contribution is -2.15. The Hall–Kier alpha value is -2.03. The Kier molecular flexibility index (Phi) is 21.0. The highest BCUT2D eigenvalue weighted by atomic mass is 16.6. The first-order valence-electron chi connectivity index (χ1n) is 11.7. The number of carbonyl (C=O) groups is 1. The zero-order valence-corrected chi connectivity index (χ0v) is 20.3. The van der Waals surface area contributed by atoms with Gasteiger partial charge in [0.25, 0.3) is 0 Å². The van der Waals surface area contributed by atoms with Crippen LogP contribution < -0.4 is 15.8 Å². The third kappa shape index (κ3) is 21.0. The molecule has 1 rings (SSSR count). The predicted molar refractivity (Wildman–Crippen MR) is 128 cm³/mol. The number of nitrogens with two attached hydrogens (primary N) is 1. The summed E-state index contributed by atoms with van der Waals surface area (Å²) in [5.41, 5.74) is 5.80. The number of carboxylic acid groups (broad SMARTS) is 1. The molecule has 1 aromatic rings. The third-order valence-corrected chi connectivity index (χ3v) is 4.10. The summed E-state index contributed by atoms with van der Waals surface area (Å²) in [5, 5.41) is 10.9. The lowest BCUT2D eigenvalue weighted by Gasteiger charge is -2.09. The number of rotatable bonds is 25. The standard InChI is InChI=1S/C23H40N2O10/c24-5-6-28-7-8-29-9-10-30-11-12-31-13-14-32-15-16-33-17-18-34-19-20-35-22-3-1-21(2-4-22)25-23(26)27/h1-4,25H,5-20,24H2,(H,26,27). The smallest absolute Gasteiger partial charge is 0.409 e. The minimum absolute atomic E-state index is 0.388. The molecule has 0 atom stereocenters. The SMILES string of the molecule is NCCOCCOCCOCCOCCOCCOCCOCCOc1ccc(NC(=O)O)cc1. The van der Waals surface area contributed by atoms with Crippen molar-refractivity contribution in [1.82, 2.24) is 0 Å². The van der Waals surface area contributed by atoms with Crippen LogP contribution in [0.4, 0.5) is 10.5 Å². The lowest BCUT2D eigenvalue weighted by molar-refractivity contribution is -0.0210. The molecule has 0 radical (unpaired) electrons. The maximum atomic E-state index is 10.5. The number of ether oxygens (including phenoxy) is 8. The molecule has 0 aliphatic carbocycles. The fourth-order valence-electron chi connectivity index (χ4n) is 2.48. The van der Waals surface area contributed by atoms with E-state index in [4.69, 9.17) is 48.7 Å². The Labute approximate surface area is 206 Å². The summed E-state index contributed by atoms with van der Waals surface area (Å²) in [6.07, 6.45) is -1.10. The zero-order chi connectivity index (χ0) is 25.2. The van der Waals surface area contributed by atoms with Gasteiger partial charge >= 0.3 is 6.09 Å². The number of hydrogen-bond donors (Lipinski definition) is 3. The summed E-state index contributed by atoms with van der Waals surface area (Å²) in [6, 6.07) is 6.63. The Balaban J connectivity index is 1.73. The number of nitrogens with one attached hydrogen (secondary N) is 1. The van der Waals surface area contributed by atoms with Gasteiger partial charge in [-0.3, -0.25) is 5.32 Å². The normalized spacial score (nSPS) is 11.0. The first-order valence-corrected chi connectivity index (χ1v) is 11.7. The van der Waals surface area contributed by atoms with Crippen LogP contribution in [0, 0.1) is 0 Å². The van der Waals surface area contributed by atoms with E-state index in [9.17, 15) is 4.79 Å². The molecule has 12 heteroatoms. The van der Waals surface area contributed by atoms with Crippen molar-refractivity contribution in [1.29, 1.82) is 0 Å².